The van der Waals surface area contributed by atoms with Crippen molar-refractivity contribution in [2.75, 3.05) is 5.32 Å². The second-order valence-electron chi connectivity index (χ2n) is 5.26. The molecule has 1 saturated carbocycles. The lowest BCUT2D eigenvalue weighted by molar-refractivity contribution is -0.384. The Morgan fingerprint density at radius 2 is 2.10 bits per heavy atom. The fourth-order valence-electron chi connectivity index (χ4n) is 2.71. The predicted molar refractivity (Wildman–Crippen MR) is 74.8 cm³/mol. The predicted octanol–water partition coefficient (Wildman–Crippen LogP) is 2.96. The first-order chi connectivity index (χ1) is 9.49. The van der Waals surface area contributed by atoms with Crippen molar-refractivity contribution in [2.45, 2.75) is 38.6 Å². The number of anilines is 1. The van der Waals surface area contributed by atoms with Gasteiger partial charge in [-0.15, -0.1) is 0 Å². The summed E-state index contributed by atoms with van der Waals surface area (Å²) in [4.78, 5) is 21.9. The molecule has 0 aliphatic heterocycles. The summed E-state index contributed by atoms with van der Waals surface area (Å²) in [5.74, 6) is -1.32. The number of rotatable bonds is 4. The van der Waals surface area contributed by atoms with E-state index in [4.69, 9.17) is 0 Å². The van der Waals surface area contributed by atoms with Crippen LogP contribution >= 0.6 is 0 Å². The molecule has 108 valence electrons. The molecule has 0 bridgehead atoms. The van der Waals surface area contributed by atoms with Crippen LogP contribution in [0.3, 0.4) is 0 Å². The lowest BCUT2D eigenvalue weighted by atomic mass is 9.84. The number of carboxylic acid groups (broad SMARTS) is 1. The Morgan fingerprint density at radius 3 is 2.75 bits per heavy atom. The largest absolute Gasteiger partial charge is 0.481 e. The third-order valence-electron chi connectivity index (χ3n) is 3.77. The Bertz CT molecular complexity index is 530. The second-order valence-corrected chi connectivity index (χ2v) is 5.26. The molecule has 1 aromatic carbocycles. The maximum absolute atomic E-state index is 11.3. The summed E-state index contributed by atoms with van der Waals surface area (Å²) in [6, 6.07) is 4.69. The van der Waals surface area contributed by atoms with E-state index in [-0.39, 0.29) is 11.7 Å². The molecule has 0 heterocycles. The molecule has 0 radical (unpaired) electrons. The van der Waals surface area contributed by atoms with Gasteiger partial charge in [-0.2, -0.15) is 0 Å². The molecule has 0 amide bonds. The number of carbonyl (C=O) groups is 1. The van der Waals surface area contributed by atoms with Crippen molar-refractivity contribution in [2.24, 2.45) is 5.92 Å². The number of aliphatic carboxylic acids is 1. The number of benzene rings is 1. The van der Waals surface area contributed by atoms with Gasteiger partial charge >= 0.3 is 5.97 Å². The van der Waals surface area contributed by atoms with Crippen LogP contribution in [-0.2, 0) is 4.79 Å². The Kier molecular flexibility index (Phi) is 4.22. The van der Waals surface area contributed by atoms with Crippen LogP contribution in [0.2, 0.25) is 0 Å². The number of hydrogen-bond acceptors (Lipinski definition) is 4. The number of nitro groups is 1. The minimum atomic E-state index is -0.836. The molecule has 20 heavy (non-hydrogen) atoms. The zero-order chi connectivity index (χ0) is 14.7. The SMILES string of the molecule is Cc1ccc(NC2CCCCC2C(=O)O)c([N+](=O)[O-])c1. The van der Waals surface area contributed by atoms with Crippen LogP contribution in [0.5, 0.6) is 0 Å². The van der Waals surface area contributed by atoms with Gasteiger partial charge < -0.3 is 10.4 Å². The maximum atomic E-state index is 11.3. The van der Waals surface area contributed by atoms with Gasteiger partial charge in [0, 0.05) is 12.1 Å². The molecule has 0 spiro atoms. The van der Waals surface area contributed by atoms with Crippen molar-refractivity contribution in [1.29, 1.82) is 0 Å². The van der Waals surface area contributed by atoms with Crippen molar-refractivity contribution >= 4 is 17.3 Å². The molecule has 2 atom stereocenters. The van der Waals surface area contributed by atoms with Gasteiger partial charge in [-0.1, -0.05) is 18.9 Å². The molecule has 1 fully saturated rings. The number of hydrogen-bond donors (Lipinski definition) is 2. The first-order valence-corrected chi connectivity index (χ1v) is 6.73. The molecule has 0 saturated heterocycles. The standard InChI is InChI=1S/C14H18N2O4/c1-9-6-7-12(13(8-9)16(19)20)15-11-5-3-2-4-10(11)14(17)18/h6-8,10-11,15H,2-5H2,1H3,(H,17,18). The first-order valence-electron chi connectivity index (χ1n) is 6.73. The number of nitrogens with zero attached hydrogens (tertiary/aromatic N) is 1. The summed E-state index contributed by atoms with van der Waals surface area (Å²) >= 11 is 0. The average Bonchev–Trinajstić information content (AvgIpc) is 2.41. The van der Waals surface area contributed by atoms with Crippen molar-refractivity contribution in [1.82, 2.24) is 0 Å². The normalized spacial score (nSPS) is 22.2. The molecule has 6 heteroatoms. The van der Waals surface area contributed by atoms with Crippen LogP contribution in [0, 0.1) is 23.0 Å². The summed E-state index contributed by atoms with van der Waals surface area (Å²) in [5, 5.41) is 23.4. The maximum Gasteiger partial charge on any atom is 0.308 e. The molecule has 2 N–H and O–H groups in total. The number of aryl methyl sites for hydroxylation is 1. The summed E-state index contributed by atoms with van der Waals surface area (Å²) in [5.41, 5.74) is 1.21. The number of carboxylic acids is 1. The minimum Gasteiger partial charge on any atom is -0.481 e. The van der Waals surface area contributed by atoms with Crippen LogP contribution in [-0.4, -0.2) is 22.0 Å². The molecule has 0 aromatic heterocycles. The highest BCUT2D eigenvalue weighted by atomic mass is 16.6. The van der Waals surface area contributed by atoms with E-state index in [1.807, 2.05) is 0 Å². The first kappa shape index (κ1) is 14.3. The summed E-state index contributed by atoms with van der Waals surface area (Å²) in [6.45, 7) is 1.79. The van der Waals surface area contributed by atoms with Gasteiger partial charge in [0.2, 0.25) is 0 Å². The van der Waals surface area contributed by atoms with E-state index in [0.717, 1.165) is 24.8 Å². The number of nitro benzene ring substituents is 1. The number of nitrogens with one attached hydrogen (secondary N) is 1. The monoisotopic (exact) mass is 278 g/mol. The zero-order valence-corrected chi connectivity index (χ0v) is 11.3. The van der Waals surface area contributed by atoms with Gasteiger partial charge in [0.25, 0.3) is 5.69 Å². The van der Waals surface area contributed by atoms with E-state index in [2.05, 4.69) is 5.32 Å². The van der Waals surface area contributed by atoms with Gasteiger partial charge in [-0.3, -0.25) is 14.9 Å². The Hall–Kier alpha value is -2.11. The van der Waals surface area contributed by atoms with Gasteiger partial charge in [0.05, 0.1) is 10.8 Å². The average molecular weight is 278 g/mol. The van der Waals surface area contributed by atoms with E-state index in [1.54, 1.807) is 19.1 Å². The lowest BCUT2D eigenvalue weighted by Crippen LogP contribution is -2.37. The zero-order valence-electron chi connectivity index (χ0n) is 11.3. The molecule has 2 unspecified atom stereocenters. The van der Waals surface area contributed by atoms with Crippen LogP contribution in [0.4, 0.5) is 11.4 Å². The van der Waals surface area contributed by atoms with Gasteiger partial charge in [-0.25, -0.2) is 0 Å². The topological polar surface area (TPSA) is 92.5 Å². The van der Waals surface area contributed by atoms with E-state index >= 15 is 0 Å². The van der Waals surface area contributed by atoms with Crippen LogP contribution in [0.15, 0.2) is 18.2 Å². The second kappa shape index (κ2) is 5.90. The summed E-state index contributed by atoms with van der Waals surface area (Å²) in [6.07, 6.45) is 3.18. The van der Waals surface area contributed by atoms with E-state index in [9.17, 15) is 20.0 Å². The molecule has 1 aliphatic rings. The Morgan fingerprint density at radius 1 is 1.40 bits per heavy atom. The Labute approximate surface area is 117 Å². The highest BCUT2D eigenvalue weighted by Crippen LogP contribution is 2.31. The fraction of sp³-hybridized carbons (Fsp3) is 0.500. The smallest absolute Gasteiger partial charge is 0.308 e. The van der Waals surface area contributed by atoms with Crippen molar-refractivity contribution < 1.29 is 14.8 Å². The third-order valence-corrected chi connectivity index (χ3v) is 3.77. The van der Waals surface area contributed by atoms with Crippen LogP contribution in [0.1, 0.15) is 31.2 Å². The van der Waals surface area contributed by atoms with Crippen molar-refractivity contribution in [3.05, 3.63) is 33.9 Å². The lowest BCUT2D eigenvalue weighted by Gasteiger charge is -2.29. The van der Waals surface area contributed by atoms with E-state index in [1.165, 1.54) is 6.07 Å². The molecule has 6 nitrogen and oxygen atoms in total. The molecular weight excluding hydrogens is 260 g/mol. The highest BCUT2D eigenvalue weighted by molar-refractivity contribution is 5.72. The fourth-order valence-corrected chi connectivity index (χ4v) is 2.71. The third kappa shape index (κ3) is 3.07. The van der Waals surface area contributed by atoms with Crippen molar-refractivity contribution in [3.63, 3.8) is 0 Å². The van der Waals surface area contributed by atoms with Gasteiger partial charge in [0.15, 0.2) is 0 Å². The van der Waals surface area contributed by atoms with Crippen LogP contribution in [0.25, 0.3) is 0 Å². The minimum absolute atomic E-state index is 0.000266. The molecule has 2 rings (SSSR count). The molecule has 1 aromatic rings. The van der Waals surface area contributed by atoms with Crippen LogP contribution < -0.4 is 5.32 Å². The highest BCUT2D eigenvalue weighted by Gasteiger charge is 2.31. The molecule has 1 aliphatic carbocycles. The molecular formula is C14H18N2O4. The van der Waals surface area contributed by atoms with E-state index < -0.39 is 16.8 Å². The van der Waals surface area contributed by atoms with Crippen molar-refractivity contribution in [3.8, 4) is 0 Å². The summed E-state index contributed by atoms with van der Waals surface area (Å²) in [7, 11) is 0. The Balaban J connectivity index is 2.24. The van der Waals surface area contributed by atoms with E-state index in [0.29, 0.717) is 12.1 Å². The summed E-state index contributed by atoms with van der Waals surface area (Å²) < 4.78 is 0. The quantitative estimate of drug-likeness (QED) is 0.652. The van der Waals surface area contributed by atoms with Gasteiger partial charge in [0.1, 0.15) is 5.69 Å². The van der Waals surface area contributed by atoms with Gasteiger partial charge in [-0.05, 0) is 31.4 Å².